The third-order valence-corrected chi connectivity index (χ3v) is 9.08. The molecule has 0 saturated carbocycles. The van der Waals surface area contributed by atoms with Gasteiger partial charge in [0.1, 0.15) is 4.21 Å². The van der Waals surface area contributed by atoms with Crippen LogP contribution in [0.5, 0.6) is 0 Å². The van der Waals surface area contributed by atoms with E-state index in [0.717, 1.165) is 11.6 Å². The van der Waals surface area contributed by atoms with Gasteiger partial charge in [-0.15, -0.1) is 22.9 Å². The van der Waals surface area contributed by atoms with Crippen LogP contribution in [0.3, 0.4) is 0 Å². The van der Waals surface area contributed by atoms with Crippen LogP contribution < -0.4 is 10.9 Å². The molecule has 0 unspecified atom stereocenters. The number of thioether (sulfide) groups is 1. The van der Waals surface area contributed by atoms with Gasteiger partial charge < -0.3 is 5.73 Å². The Morgan fingerprint density at radius 2 is 1.96 bits per heavy atom. The van der Waals surface area contributed by atoms with Crippen LogP contribution in [-0.2, 0) is 20.0 Å². The molecule has 1 aromatic heterocycles. The smallest absolute Gasteiger partial charge is 0.274 e. The summed E-state index contributed by atoms with van der Waals surface area (Å²) < 4.78 is 49.0. The maximum absolute atomic E-state index is 12.6. The summed E-state index contributed by atoms with van der Waals surface area (Å²) in [6, 6.07) is 1.21. The molecule has 12 heteroatoms. The van der Waals surface area contributed by atoms with Crippen molar-refractivity contribution in [1.29, 1.82) is 0 Å². The van der Waals surface area contributed by atoms with E-state index in [4.69, 9.17) is 22.5 Å². The average Bonchev–Trinajstić information content (AvgIpc) is 2.96. The molecule has 0 bridgehead atoms. The van der Waals surface area contributed by atoms with E-state index < -0.39 is 20.0 Å². The molecule has 2 heterocycles. The standard InChI is InChI=1S/C12H19N3O4S4.C2H5Cl/c1-8(2)20-5-3-4-15-7-10(13)9-6-11(22(14,16)17)21-12(9)23(15,18)19;1-2-3/h6-8H,3-5,13H2,1-2H3,(H2,14,16,17);2H2,1H3. The first-order chi connectivity index (χ1) is 11.9. The number of hydrogen-bond donors (Lipinski definition) is 2. The summed E-state index contributed by atoms with van der Waals surface area (Å²) in [5.74, 6) is 1.55. The van der Waals surface area contributed by atoms with Gasteiger partial charge in [-0.3, -0.25) is 4.31 Å². The van der Waals surface area contributed by atoms with Gasteiger partial charge in [-0.2, -0.15) is 11.8 Å². The fraction of sp³-hybridized carbons (Fsp3) is 0.571. The predicted molar refractivity (Wildman–Crippen MR) is 110 cm³/mol. The fourth-order valence-electron chi connectivity index (χ4n) is 2.01. The summed E-state index contributed by atoms with van der Waals surface area (Å²) in [5.41, 5.74) is 6.31. The molecule has 4 N–H and O–H groups in total. The maximum Gasteiger partial charge on any atom is 0.274 e. The van der Waals surface area contributed by atoms with Crippen molar-refractivity contribution in [3.8, 4) is 0 Å². The number of nitrogens with two attached hydrogens (primary N) is 2. The number of fused-ring (bicyclic) bond motifs is 1. The quantitative estimate of drug-likeness (QED) is 0.495. The topological polar surface area (TPSA) is 124 Å². The number of sulfonamides is 2. The molecule has 7 nitrogen and oxygen atoms in total. The molecule has 0 amide bonds. The van der Waals surface area contributed by atoms with Crippen LogP contribution in [-0.4, -0.2) is 44.6 Å². The van der Waals surface area contributed by atoms with E-state index >= 15 is 0 Å². The van der Waals surface area contributed by atoms with Gasteiger partial charge in [0.05, 0.1) is 5.70 Å². The molecule has 0 spiro atoms. The molecule has 0 radical (unpaired) electrons. The lowest BCUT2D eigenvalue weighted by Gasteiger charge is -2.25. The summed E-state index contributed by atoms with van der Waals surface area (Å²) in [4.78, 5) is 0. The van der Waals surface area contributed by atoms with Gasteiger partial charge in [0, 0.05) is 24.2 Å². The van der Waals surface area contributed by atoms with E-state index in [-0.39, 0.29) is 19.7 Å². The van der Waals surface area contributed by atoms with Crippen molar-refractivity contribution in [1.82, 2.24) is 4.31 Å². The number of nitrogens with zero attached hydrogens (tertiary/aromatic N) is 1. The Labute approximate surface area is 168 Å². The van der Waals surface area contributed by atoms with Crippen LogP contribution in [0.1, 0.15) is 32.8 Å². The maximum atomic E-state index is 12.6. The molecule has 1 aliphatic rings. The number of rotatable bonds is 6. The van der Waals surface area contributed by atoms with Crippen LogP contribution in [0.15, 0.2) is 20.7 Å². The van der Waals surface area contributed by atoms with Crippen molar-refractivity contribution >= 4 is 60.4 Å². The van der Waals surface area contributed by atoms with Gasteiger partial charge in [-0.25, -0.2) is 22.0 Å². The third kappa shape index (κ3) is 6.03. The van der Waals surface area contributed by atoms with E-state index in [1.807, 2.05) is 6.92 Å². The molecular weight excluding hydrogens is 438 g/mol. The molecule has 1 aromatic rings. The SMILES string of the molecule is CC(C)SCCCN1C=C(N)c2cc(S(N)(=O)=O)sc2S1(=O)=O.CCCl. The van der Waals surface area contributed by atoms with E-state index in [1.54, 1.807) is 11.8 Å². The lowest BCUT2D eigenvalue weighted by atomic mass is 10.2. The first-order valence-corrected chi connectivity index (χ1v) is 13.2. The molecule has 0 aromatic carbocycles. The van der Waals surface area contributed by atoms with E-state index in [1.165, 1.54) is 16.6 Å². The van der Waals surface area contributed by atoms with Gasteiger partial charge >= 0.3 is 0 Å². The van der Waals surface area contributed by atoms with Crippen LogP contribution in [0, 0.1) is 0 Å². The van der Waals surface area contributed by atoms with E-state index in [0.29, 0.717) is 29.6 Å². The number of halogens is 1. The fourth-order valence-corrected chi connectivity index (χ4v) is 6.85. The Morgan fingerprint density at radius 3 is 2.46 bits per heavy atom. The minimum atomic E-state index is -3.97. The number of alkyl halides is 1. The monoisotopic (exact) mass is 461 g/mol. The highest BCUT2D eigenvalue weighted by molar-refractivity contribution is 7.99. The lowest BCUT2D eigenvalue weighted by Crippen LogP contribution is -2.31. The van der Waals surface area contributed by atoms with Crippen molar-refractivity contribution in [3.05, 3.63) is 17.8 Å². The van der Waals surface area contributed by atoms with Crippen LogP contribution in [0.4, 0.5) is 0 Å². The summed E-state index contributed by atoms with van der Waals surface area (Å²) in [6.45, 7) is 6.34. The van der Waals surface area contributed by atoms with Crippen molar-refractivity contribution in [3.63, 3.8) is 0 Å². The highest BCUT2D eigenvalue weighted by Gasteiger charge is 2.34. The molecule has 26 heavy (non-hydrogen) atoms. The Hall–Kier alpha value is -0.460. The molecule has 0 atom stereocenters. The number of thiophene rings is 1. The number of hydrogen-bond acceptors (Lipinski definition) is 7. The van der Waals surface area contributed by atoms with E-state index in [9.17, 15) is 16.8 Å². The first-order valence-electron chi connectivity index (χ1n) is 7.78. The molecule has 0 fully saturated rings. The van der Waals surface area contributed by atoms with Crippen molar-refractivity contribution in [2.24, 2.45) is 10.9 Å². The Bertz CT molecular complexity index is 848. The first kappa shape index (κ1) is 23.6. The summed E-state index contributed by atoms with van der Waals surface area (Å²) in [6.07, 6.45) is 2.02. The minimum Gasteiger partial charge on any atom is -0.397 e. The minimum absolute atomic E-state index is 0.0713. The second kappa shape index (κ2) is 9.65. The van der Waals surface area contributed by atoms with Crippen LogP contribution in [0.25, 0.3) is 5.70 Å². The highest BCUT2D eigenvalue weighted by atomic mass is 35.5. The van der Waals surface area contributed by atoms with Crippen molar-refractivity contribution in [2.75, 3.05) is 18.2 Å². The zero-order valence-corrected chi connectivity index (χ0v) is 18.8. The van der Waals surface area contributed by atoms with E-state index in [2.05, 4.69) is 13.8 Å². The van der Waals surface area contributed by atoms with Crippen molar-refractivity contribution in [2.45, 2.75) is 40.9 Å². The van der Waals surface area contributed by atoms with Gasteiger partial charge in [-0.1, -0.05) is 20.8 Å². The Kier molecular flexibility index (Phi) is 8.75. The van der Waals surface area contributed by atoms with Gasteiger partial charge in [0.25, 0.3) is 10.0 Å². The van der Waals surface area contributed by atoms with Gasteiger partial charge in [0.15, 0.2) is 4.21 Å². The molecule has 0 saturated heterocycles. The zero-order chi connectivity index (χ0) is 20.1. The molecule has 0 aliphatic carbocycles. The second-order valence-electron chi connectivity index (χ2n) is 5.55. The lowest BCUT2D eigenvalue weighted by molar-refractivity contribution is 0.496. The molecular formula is C14H24ClN3O4S4. The molecule has 150 valence electrons. The van der Waals surface area contributed by atoms with Gasteiger partial charge in [-0.05, 0) is 23.5 Å². The Balaban J connectivity index is 0.00000105. The van der Waals surface area contributed by atoms with Gasteiger partial charge in [0.2, 0.25) is 10.0 Å². The zero-order valence-electron chi connectivity index (χ0n) is 14.8. The largest absolute Gasteiger partial charge is 0.397 e. The summed E-state index contributed by atoms with van der Waals surface area (Å²) in [5, 5.41) is 5.56. The summed E-state index contributed by atoms with van der Waals surface area (Å²) >= 11 is 7.38. The molecule has 1 aliphatic heterocycles. The summed E-state index contributed by atoms with van der Waals surface area (Å²) in [7, 11) is -7.76. The number of primary sulfonamides is 1. The normalized spacial score (nSPS) is 15.9. The highest BCUT2D eigenvalue weighted by Crippen LogP contribution is 2.38. The third-order valence-electron chi connectivity index (χ3n) is 3.07. The average molecular weight is 462 g/mol. The predicted octanol–water partition coefficient (Wildman–Crippen LogP) is 2.43. The van der Waals surface area contributed by atoms with Crippen LogP contribution in [0.2, 0.25) is 0 Å². The van der Waals surface area contributed by atoms with Crippen LogP contribution >= 0.6 is 34.7 Å². The Morgan fingerprint density at radius 1 is 1.38 bits per heavy atom. The second-order valence-corrected chi connectivity index (χ2v) is 12.7. The van der Waals surface area contributed by atoms with Crippen molar-refractivity contribution < 1.29 is 16.8 Å². The molecule has 2 rings (SSSR count).